The smallest absolute Gasteiger partial charge is 0.294 e. The zero-order chi connectivity index (χ0) is 19.8. The standard InChI is InChI=1S/C18H18F3NO3S/c1-17(2,3)16(23)12-8-4-6-10-14(12)22-26(24,25)15-11-7-5-9-13(15)18(19,20)21/h4-11,22H,1-3H3. The third kappa shape index (κ3) is 4.24. The van der Waals surface area contributed by atoms with Crippen molar-refractivity contribution in [2.45, 2.75) is 31.8 Å². The van der Waals surface area contributed by atoms with Crippen molar-refractivity contribution in [3.63, 3.8) is 0 Å². The Morgan fingerprint density at radius 2 is 1.46 bits per heavy atom. The summed E-state index contributed by atoms with van der Waals surface area (Å²) in [5.74, 6) is -0.333. The van der Waals surface area contributed by atoms with Crippen molar-refractivity contribution in [1.82, 2.24) is 0 Å². The van der Waals surface area contributed by atoms with E-state index in [2.05, 4.69) is 4.72 Å². The lowest BCUT2D eigenvalue weighted by atomic mass is 9.86. The third-order valence-electron chi connectivity index (χ3n) is 3.58. The highest BCUT2D eigenvalue weighted by atomic mass is 32.2. The van der Waals surface area contributed by atoms with Crippen LogP contribution in [0.25, 0.3) is 0 Å². The van der Waals surface area contributed by atoms with Crippen LogP contribution < -0.4 is 4.72 Å². The highest BCUT2D eigenvalue weighted by Gasteiger charge is 2.37. The van der Waals surface area contributed by atoms with Crippen LogP contribution in [0.2, 0.25) is 0 Å². The SMILES string of the molecule is CC(C)(C)C(=O)c1ccccc1NS(=O)(=O)c1ccccc1C(F)(F)F. The van der Waals surface area contributed by atoms with Crippen molar-refractivity contribution < 1.29 is 26.4 Å². The average Bonchev–Trinajstić information content (AvgIpc) is 2.53. The molecule has 0 unspecified atom stereocenters. The van der Waals surface area contributed by atoms with E-state index in [1.165, 1.54) is 24.3 Å². The van der Waals surface area contributed by atoms with E-state index in [1.807, 2.05) is 0 Å². The van der Waals surface area contributed by atoms with E-state index < -0.39 is 32.1 Å². The molecule has 2 aromatic carbocycles. The Balaban J connectivity index is 2.53. The van der Waals surface area contributed by atoms with Crippen LogP contribution in [-0.2, 0) is 16.2 Å². The van der Waals surface area contributed by atoms with Crippen LogP contribution >= 0.6 is 0 Å². The van der Waals surface area contributed by atoms with E-state index in [4.69, 9.17) is 0 Å². The van der Waals surface area contributed by atoms with Gasteiger partial charge in [-0.15, -0.1) is 0 Å². The molecule has 0 aliphatic rings. The van der Waals surface area contributed by atoms with Gasteiger partial charge in [-0.1, -0.05) is 45.0 Å². The number of nitrogens with one attached hydrogen (secondary N) is 1. The van der Waals surface area contributed by atoms with Gasteiger partial charge in [-0.05, 0) is 24.3 Å². The summed E-state index contributed by atoms with van der Waals surface area (Å²) in [6.07, 6.45) is -4.83. The fraction of sp³-hybridized carbons (Fsp3) is 0.278. The molecule has 0 amide bonds. The number of benzene rings is 2. The van der Waals surface area contributed by atoms with E-state index in [9.17, 15) is 26.4 Å². The van der Waals surface area contributed by atoms with Gasteiger partial charge in [-0.2, -0.15) is 13.2 Å². The summed E-state index contributed by atoms with van der Waals surface area (Å²) in [6, 6.07) is 9.70. The number of anilines is 1. The lowest BCUT2D eigenvalue weighted by Crippen LogP contribution is -2.24. The summed E-state index contributed by atoms with van der Waals surface area (Å²) in [4.78, 5) is 11.6. The number of sulfonamides is 1. The van der Waals surface area contributed by atoms with Gasteiger partial charge >= 0.3 is 6.18 Å². The molecule has 26 heavy (non-hydrogen) atoms. The molecule has 0 atom stereocenters. The van der Waals surface area contributed by atoms with Gasteiger partial charge in [0.1, 0.15) is 0 Å². The molecule has 0 aliphatic heterocycles. The van der Waals surface area contributed by atoms with Gasteiger partial charge in [0.15, 0.2) is 5.78 Å². The molecule has 1 N–H and O–H groups in total. The largest absolute Gasteiger partial charge is 0.417 e. The first-order chi connectivity index (χ1) is 11.8. The van der Waals surface area contributed by atoms with Crippen molar-refractivity contribution in [2.75, 3.05) is 4.72 Å². The predicted octanol–water partition coefficient (Wildman–Crippen LogP) is 4.74. The average molecular weight is 385 g/mol. The Bertz CT molecular complexity index is 929. The molecule has 0 radical (unpaired) electrons. The normalized spacial score (nSPS) is 12.7. The van der Waals surface area contributed by atoms with Gasteiger partial charge in [-0.3, -0.25) is 9.52 Å². The molecule has 0 heterocycles. The minimum atomic E-state index is -4.83. The highest BCUT2D eigenvalue weighted by molar-refractivity contribution is 7.92. The zero-order valence-corrected chi connectivity index (χ0v) is 15.2. The van der Waals surface area contributed by atoms with E-state index >= 15 is 0 Å². The van der Waals surface area contributed by atoms with Gasteiger partial charge in [-0.25, -0.2) is 8.42 Å². The molecule has 0 spiro atoms. The second-order valence-corrected chi connectivity index (χ2v) is 8.37. The summed E-state index contributed by atoms with van der Waals surface area (Å²) in [7, 11) is -4.55. The molecule has 2 rings (SSSR count). The minimum Gasteiger partial charge on any atom is -0.294 e. The number of Topliss-reactive ketones (excluding diaryl/α,β-unsaturated/α-hetero) is 1. The second kappa shape index (κ2) is 6.75. The number of ketones is 1. The van der Waals surface area contributed by atoms with Crippen LogP contribution in [0.4, 0.5) is 18.9 Å². The maximum absolute atomic E-state index is 13.1. The molecule has 0 fully saturated rings. The molecule has 140 valence electrons. The van der Waals surface area contributed by atoms with E-state index in [0.29, 0.717) is 6.07 Å². The molecule has 4 nitrogen and oxygen atoms in total. The fourth-order valence-corrected chi connectivity index (χ4v) is 3.62. The molecule has 0 bridgehead atoms. The second-order valence-electron chi connectivity index (χ2n) is 6.72. The molecule has 0 aromatic heterocycles. The first kappa shape index (κ1) is 20.0. The number of hydrogen-bond donors (Lipinski definition) is 1. The Morgan fingerprint density at radius 3 is 2.04 bits per heavy atom. The highest BCUT2D eigenvalue weighted by Crippen LogP contribution is 2.35. The Labute approximate surface area is 150 Å². The van der Waals surface area contributed by atoms with E-state index in [-0.39, 0.29) is 17.0 Å². The minimum absolute atomic E-state index is 0.0654. The maximum atomic E-state index is 13.1. The van der Waals surface area contributed by atoms with Crippen molar-refractivity contribution >= 4 is 21.5 Å². The topological polar surface area (TPSA) is 63.2 Å². The lowest BCUT2D eigenvalue weighted by molar-refractivity contribution is -0.139. The monoisotopic (exact) mass is 385 g/mol. The molecule has 8 heteroatoms. The number of halogens is 3. The van der Waals surface area contributed by atoms with Crippen molar-refractivity contribution in [2.24, 2.45) is 5.41 Å². The first-order valence-electron chi connectivity index (χ1n) is 7.67. The molecule has 0 saturated heterocycles. The molecule has 2 aromatic rings. The number of hydrogen-bond acceptors (Lipinski definition) is 3. The van der Waals surface area contributed by atoms with Crippen molar-refractivity contribution in [1.29, 1.82) is 0 Å². The number of alkyl halides is 3. The van der Waals surface area contributed by atoms with Crippen molar-refractivity contribution in [3.05, 3.63) is 59.7 Å². The predicted molar refractivity (Wildman–Crippen MR) is 92.5 cm³/mol. The van der Waals surface area contributed by atoms with E-state index in [1.54, 1.807) is 26.8 Å². The van der Waals surface area contributed by atoms with Crippen LogP contribution in [0, 0.1) is 5.41 Å². The summed E-state index contributed by atoms with van der Waals surface area (Å²) < 4.78 is 66.7. The fourth-order valence-electron chi connectivity index (χ4n) is 2.31. The summed E-state index contributed by atoms with van der Waals surface area (Å²) in [6.45, 7) is 5.00. The maximum Gasteiger partial charge on any atom is 0.417 e. The van der Waals surface area contributed by atoms with Gasteiger partial charge in [0.2, 0.25) is 0 Å². The molecule has 0 aliphatic carbocycles. The first-order valence-corrected chi connectivity index (χ1v) is 9.15. The van der Waals surface area contributed by atoms with Crippen molar-refractivity contribution in [3.8, 4) is 0 Å². The summed E-state index contributed by atoms with van der Waals surface area (Å²) in [5, 5.41) is 0. The van der Waals surface area contributed by atoms with Crippen LogP contribution in [-0.4, -0.2) is 14.2 Å². The Kier molecular flexibility index (Phi) is 5.19. The van der Waals surface area contributed by atoms with Crippen LogP contribution in [0.1, 0.15) is 36.7 Å². The molecular weight excluding hydrogens is 367 g/mol. The van der Waals surface area contributed by atoms with Gasteiger partial charge in [0, 0.05) is 11.0 Å². The summed E-state index contributed by atoms with van der Waals surface area (Å²) >= 11 is 0. The van der Waals surface area contributed by atoms with Gasteiger partial charge in [0.25, 0.3) is 10.0 Å². The van der Waals surface area contributed by atoms with Gasteiger partial charge in [0.05, 0.1) is 16.1 Å². The van der Waals surface area contributed by atoms with Crippen LogP contribution in [0.5, 0.6) is 0 Å². The lowest BCUT2D eigenvalue weighted by Gasteiger charge is -2.20. The Morgan fingerprint density at radius 1 is 0.923 bits per heavy atom. The molecular formula is C18H18F3NO3S. The van der Waals surface area contributed by atoms with Crippen LogP contribution in [0.15, 0.2) is 53.4 Å². The third-order valence-corrected chi connectivity index (χ3v) is 5.00. The van der Waals surface area contributed by atoms with E-state index in [0.717, 1.165) is 12.1 Å². The van der Waals surface area contributed by atoms with Crippen LogP contribution in [0.3, 0.4) is 0 Å². The number of carbonyl (C=O) groups excluding carboxylic acids is 1. The zero-order valence-electron chi connectivity index (χ0n) is 14.4. The Hall–Kier alpha value is -2.35. The van der Waals surface area contributed by atoms with Gasteiger partial charge < -0.3 is 0 Å². The molecule has 0 saturated carbocycles. The quantitative estimate of drug-likeness (QED) is 0.774. The number of rotatable bonds is 4. The summed E-state index contributed by atoms with van der Waals surface area (Å²) in [5.41, 5.74) is -2.03. The number of para-hydroxylation sites is 1. The number of carbonyl (C=O) groups is 1.